The van der Waals surface area contributed by atoms with Gasteiger partial charge in [0.05, 0.1) is 12.2 Å². The van der Waals surface area contributed by atoms with Gasteiger partial charge in [0.1, 0.15) is 12.4 Å². The quantitative estimate of drug-likeness (QED) is 0.801. The van der Waals surface area contributed by atoms with Gasteiger partial charge in [0, 0.05) is 6.04 Å². The summed E-state index contributed by atoms with van der Waals surface area (Å²) in [5.74, 6) is 0.854. The van der Waals surface area contributed by atoms with Crippen molar-refractivity contribution >= 4 is 0 Å². The van der Waals surface area contributed by atoms with E-state index in [4.69, 9.17) is 15.2 Å². The van der Waals surface area contributed by atoms with Gasteiger partial charge in [-0.05, 0) is 45.4 Å². The van der Waals surface area contributed by atoms with Gasteiger partial charge in [0.15, 0.2) is 0 Å². The maximum atomic E-state index is 5.77. The summed E-state index contributed by atoms with van der Waals surface area (Å²) < 4.78 is 11.1. The molecule has 3 heteroatoms. The summed E-state index contributed by atoms with van der Waals surface area (Å²) in [6, 6.07) is 7.93. The highest BCUT2D eigenvalue weighted by Gasteiger charge is 2.09. The smallest absolute Gasteiger partial charge is 0.119 e. The molecular weight excluding hydrogens is 214 g/mol. The fourth-order valence-corrected chi connectivity index (χ4v) is 1.37. The molecule has 0 fully saturated rings. The number of benzene rings is 1. The van der Waals surface area contributed by atoms with E-state index in [0.29, 0.717) is 13.2 Å². The van der Waals surface area contributed by atoms with E-state index >= 15 is 0 Å². The predicted octanol–water partition coefficient (Wildman–Crippen LogP) is 2.90. The Bertz CT molecular complexity index is 325. The Kier molecular flexibility index (Phi) is 4.97. The van der Waals surface area contributed by atoms with Gasteiger partial charge in [0.25, 0.3) is 0 Å². The molecule has 0 saturated carbocycles. The summed E-state index contributed by atoms with van der Waals surface area (Å²) in [5.41, 5.74) is 6.78. The highest BCUT2D eigenvalue weighted by atomic mass is 16.5. The first-order valence-corrected chi connectivity index (χ1v) is 6.01. The number of nitrogens with two attached hydrogens (primary N) is 1. The minimum Gasteiger partial charge on any atom is -0.491 e. The summed E-state index contributed by atoms with van der Waals surface area (Å²) in [6.45, 7) is 9.22. The first-order chi connectivity index (χ1) is 7.88. The number of ether oxygens (including phenoxy) is 2. The molecule has 0 amide bonds. The van der Waals surface area contributed by atoms with Crippen LogP contribution >= 0.6 is 0 Å². The van der Waals surface area contributed by atoms with Crippen molar-refractivity contribution in [2.45, 2.75) is 39.3 Å². The Hall–Kier alpha value is -1.06. The molecule has 0 aromatic heterocycles. The van der Waals surface area contributed by atoms with Crippen molar-refractivity contribution < 1.29 is 9.47 Å². The molecule has 0 aliphatic rings. The maximum absolute atomic E-state index is 5.77. The van der Waals surface area contributed by atoms with Crippen molar-refractivity contribution in [3.05, 3.63) is 29.8 Å². The summed E-state index contributed by atoms with van der Waals surface area (Å²) in [7, 11) is 0. The lowest BCUT2D eigenvalue weighted by atomic mass is 10.1. The molecule has 17 heavy (non-hydrogen) atoms. The van der Waals surface area contributed by atoms with Crippen molar-refractivity contribution in [3.8, 4) is 5.75 Å². The molecule has 0 aliphatic heterocycles. The normalized spacial score (nSPS) is 13.5. The Balaban J connectivity index is 2.33. The molecule has 0 saturated heterocycles. The zero-order valence-electron chi connectivity index (χ0n) is 11.2. The molecule has 0 unspecified atom stereocenters. The minimum atomic E-state index is -0.109. The third-order valence-corrected chi connectivity index (χ3v) is 2.29. The first kappa shape index (κ1) is 14.0. The van der Waals surface area contributed by atoms with Gasteiger partial charge in [-0.1, -0.05) is 12.1 Å². The molecule has 1 atom stereocenters. The first-order valence-electron chi connectivity index (χ1n) is 6.01. The van der Waals surface area contributed by atoms with Gasteiger partial charge >= 0.3 is 0 Å². The molecule has 0 bridgehead atoms. The largest absolute Gasteiger partial charge is 0.491 e. The van der Waals surface area contributed by atoms with E-state index < -0.39 is 0 Å². The van der Waals surface area contributed by atoms with Crippen LogP contribution in [-0.2, 0) is 4.74 Å². The SMILES string of the molecule is C[C@H](N)c1ccc(OCCOC(C)(C)C)cc1. The Morgan fingerprint density at radius 2 is 1.71 bits per heavy atom. The van der Waals surface area contributed by atoms with Gasteiger partial charge in [-0.3, -0.25) is 0 Å². The van der Waals surface area contributed by atoms with Gasteiger partial charge in [-0.25, -0.2) is 0 Å². The van der Waals surface area contributed by atoms with Crippen LogP contribution in [0.5, 0.6) is 5.75 Å². The fourth-order valence-electron chi connectivity index (χ4n) is 1.37. The van der Waals surface area contributed by atoms with Crippen molar-refractivity contribution in [2.75, 3.05) is 13.2 Å². The van der Waals surface area contributed by atoms with Crippen LogP contribution in [0.2, 0.25) is 0 Å². The van der Waals surface area contributed by atoms with E-state index in [2.05, 4.69) is 0 Å². The fraction of sp³-hybridized carbons (Fsp3) is 0.571. The van der Waals surface area contributed by atoms with Crippen LogP contribution in [0.3, 0.4) is 0 Å². The van der Waals surface area contributed by atoms with Crippen molar-refractivity contribution in [1.82, 2.24) is 0 Å². The summed E-state index contributed by atoms with van der Waals surface area (Å²) in [5, 5.41) is 0. The molecule has 1 rings (SSSR count). The van der Waals surface area contributed by atoms with Gasteiger partial charge < -0.3 is 15.2 Å². The number of hydrogen-bond donors (Lipinski definition) is 1. The zero-order chi connectivity index (χ0) is 12.9. The van der Waals surface area contributed by atoms with Gasteiger partial charge in [-0.2, -0.15) is 0 Å². The Morgan fingerprint density at radius 3 is 2.18 bits per heavy atom. The van der Waals surface area contributed by atoms with Crippen molar-refractivity contribution in [3.63, 3.8) is 0 Å². The van der Waals surface area contributed by atoms with Crippen LogP contribution in [0.4, 0.5) is 0 Å². The van der Waals surface area contributed by atoms with Crippen LogP contribution in [0.1, 0.15) is 39.3 Å². The van der Waals surface area contributed by atoms with E-state index in [1.807, 2.05) is 52.0 Å². The predicted molar refractivity (Wildman–Crippen MR) is 70.2 cm³/mol. The van der Waals surface area contributed by atoms with Crippen molar-refractivity contribution in [1.29, 1.82) is 0 Å². The summed E-state index contributed by atoms with van der Waals surface area (Å²) in [6.07, 6.45) is 0. The molecule has 0 heterocycles. The average molecular weight is 237 g/mol. The van der Waals surface area contributed by atoms with Crippen LogP contribution in [0.25, 0.3) is 0 Å². The lowest BCUT2D eigenvalue weighted by Crippen LogP contribution is -2.22. The molecule has 3 nitrogen and oxygen atoms in total. The third-order valence-electron chi connectivity index (χ3n) is 2.29. The molecule has 0 spiro atoms. The second kappa shape index (κ2) is 6.03. The lowest BCUT2D eigenvalue weighted by molar-refractivity contribution is -0.0163. The summed E-state index contributed by atoms with van der Waals surface area (Å²) in [4.78, 5) is 0. The molecule has 2 N–H and O–H groups in total. The Labute approximate surface area is 104 Å². The highest BCUT2D eigenvalue weighted by molar-refractivity contribution is 5.28. The maximum Gasteiger partial charge on any atom is 0.119 e. The molecule has 1 aromatic rings. The van der Waals surface area contributed by atoms with Crippen molar-refractivity contribution in [2.24, 2.45) is 5.73 Å². The van der Waals surface area contributed by atoms with Gasteiger partial charge in [-0.15, -0.1) is 0 Å². The minimum absolute atomic E-state index is 0.0632. The van der Waals surface area contributed by atoms with Gasteiger partial charge in [0.2, 0.25) is 0 Å². The number of hydrogen-bond acceptors (Lipinski definition) is 3. The van der Waals surface area contributed by atoms with E-state index in [-0.39, 0.29) is 11.6 Å². The monoisotopic (exact) mass is 237 g/mol. The van der Waals surface area contributed by atoms with E-state index in [1.165, 1.54) is 0 Å². The Morgan fingerprint density at radius 1 is 1.12 bits per heavy atom. The molecule has 1 aromatic carbocycles. The zero-order valence-corrected chi connectivity index (χ0v) is 11.2. The van der Waals surface area contributed by atoms with E-state index in [9.17, 15) is 0 Å². The molecule has 0 aliphatic carbocycles. The number of rotatable bonds is 5. The average Bonchev–Trinajstić information content (AvgIpc) is 2.24. The standard InChI is InChI=1S/C14H23NO2/c1-11(15)12-5-7-13(8-6-12)16-9-10-17-14(2,3)4/h5-8,11H,9-10,15H2,1-4H3/t11-/m0/s1. The molecule has 0 radical (unpaired) electrons. The molecule has 96 valence electrons. The van der Waals surface area contributed by atoms with Crippen LogP contribution in [0.15, 0.2) is 24.3 Å². The molecular formula is C14H23NO2. The topological polar surface area (TPSA) is 44.5 Å². The third kappa shape index (κ3) is 5.71. The summed E-state index contributed by atoms with van der Waals surface area (Å²) >= 11 is 0. The van der Waals surface area contributed by atoms with Crippen LogP contribution in [0, 0.1) is 0 Å². The highest BCUT2D eigenvalue weighted by Crippen LogP contribution is 2.16. The van der Waals surface area contributed by atoms with E-state index in [0.717, 1.165) is 11.3 Å². The lowest BCUT2D eigenvalue weighted by Gasteiger charge is -2.19. The second-order valence-electron chi connectivity index (χ2n) is 5.17. The van der Waals surface area contributed by atoms with Crippen LogP contribution < -0.4 is 10.5 Å². The van der Waals surface area contributed by atoms with Crippen LogP contribution in [-0.4, -0.2) is 18.8 Å². The second-order valence-corrected chi connectivity index (χ2v) is 5.17. The van der Waals surface area contributed by atoms with E-state index in [1.54, 1.807) is 0 Å².